The van der Waals surface area contributed by atoms with E-state index >= 15 is 0 Å². The summed E-state index contributed by atoms with van der Waals surface area (Å²) >= 11 is 3.41. The molecule has 0 unspecified atom stereocenters. The van der Waals surface area contributed by atoms with Gasteiger partial charge in [0.2, 0.25) is 0 Å². The van der Waals surface area contributed by atoms with Gasteiger partial charge in [-0.2, -0.15) is 0 Å². The van der Waals surface area contributed by atoms with Gasteiger partial charge in [-0.3, -0.25) is 4.79 Å². The Morgan fingerprint density at radius 3 is 2.94 bits per heavy atom. The molecule has 17 heavy (non-hydrogen) atoms. The average molecular weight is 298 g/mol. The van der Waals surface area contributed by atoms with Crippen LogP contribution in [0.4, 0.5) is 0 Å². The number of hydrogen-bond donors (Lipinski definition) is 0. The van der Waals surface area contributed by atoms with E-state index in [2.05, 4.69) is 15.9 Å². The summed E-state index contributed by atoms with van der Waals surface area (Å²) in [5.74, 6) is 0.103. The number of ether oxygens (including phenoxy) is 1. The van der Waals surface area contributed by atoms with E-state index in [0.29, 0.717) is 19.8 Å². The number of carbonyl (C=O) groups excluding carboxylic acids is 1. The monoisotopic (exact) mass is 297 g/mol. The van der Waals surface area contributed by atoms with E-state index in [1.165, 1.54) is 0 Å². The predicted molar refractivity (Wildman–Crippen MR) is 70.2 cm³/mol. The smallest absolute Gasteiger partial charge is 0.254 e. The van der Waals surface area contributed by atoms with Crippen LogP contribution in [0.25, 0.3) is 0 Å². The van der Waals surface area contributed by atoms with E-state index in [-0.39, 0.29) is 11.9 Å². The number of benzene rings is 1. The molecule has 0 N–H and O–H groups in total. The third-order valence-electron chi connectivity index (χ3n) is 3.05. The molecular weight excluding hydrogens is 282 g/mol. The van der Waals surface area contributed by atoms with Crippen molar-refractivity contribution in [3.8, 4) is 0 Å². The lowest BCUT2D eigenvalue weighted by atomic mass is 10.1. The second kappa shape index (κ2) is 5.19. The molecule has 4 heteroatoms. The lowest BCUT2D eigenvalue weighted by molar-refractivity contribution is 0.00355. The third kappa shape index (κ3) is 2.69. The van der Waals surface area contributed by atoms with Crippen LogP contribution in [0.2, 0.25) is 0 Å². The molecule has 0 radical (unpaired) electrons. The summed E-state index contributed by atoms with van der Waals surface area (Å²) in [7, 11) is 0. The molecule has 92 valence electrons. The normalized spacial score (nSPS) is 20.4. The van der Waals surface area contributed by atoms with Gasteiger partial charge in [0.25, 0.3) is 5.91 Å². The minimum atomic E-state index is 0.103. The fourth-order valence-corrected chi connectivity index (χ4v) is 2.53. The summed E-state index contributed by atoms with van der Waals surface area (Å²) in [6, 6.07) is 5.91. The number of amides is 1. The van der Waals surface area contributed by atoms with Crippen LogP contribution in [0.1, 0.15) is 22.8 Å². The van der Waals surface area contributed by atoms with Gasteiger partial charge in [-0.05, 0) is 37.6 Å². The van der Waals surface area contributed by atoms with Crippen molar-refractivity contribution in [2.45, 2.75) is 19.9 Å². The molecule has 0 saturated carbocycles. The quantitative estimate of drug-likeness (QED) is 0.797. The maximum atomic E-state index is 12.4. The van der Waals surface area contributed by atoms with Crippen LogP contribution in [0, 0.1) is 6.92 Å². The van der Waals surface area contributed by atoms with Gasteiger partial charge < -0.3 is 9.64 Å². The van der Waals surface area contributed by atoms with Crippen LogP contribution in [0.5, 0.6) is 0 Å². The van der Waals surface area contributed by atoms with Gasteiger partial charge in [0.05, 0.1) is 19.3 Å². The first-order valence-corrected chi connectivity index (χ1v) is 6.54. The molecule has 1 aliphatic heterocycles. The van der Waals surface area contributed by atoms with Crippen LogP contribution in [-0.4, -0.2) is 36.6 Å². The van der Waals surface area contributed by atoms with E-state index in [4.69, 9.17) is 4.74 Å². The zero-order chi connectivity index (χ0) is 12.4. The second-order valence-corrected chi connectivity index (χ2v) is 5.30. The Morgan fingerprint density at radius 1 is 1.53 bits per heavy atom. The molecule has 3 nitrogen and oxygen atoms in total. The number of carbonyl (C=O) groups is 1. The van der Waals surface area contributed by atoms with Crippen molar-refractivity contribution in [1.29, 1.82) is 0 Å². The lowest BCUT2D eigenvalue weighted by Gasteiger charge is -2.33. The molecule has 1 aromatic carbocycles. The minimum absolute atomic E-state index is 0.103. The van der Waals surface area contributed by atoms with E-state index in [1.807, 2.05) is 36.9 Å². The highest BCUT2D eigenvalue weighted by atomic mass is 79.9. The van der Waals surface area contributed by atoms with Gasteiger partial charge in [-0.1, -0.05) is 15.9 Å². The highest BCUT2D eigenvalue weighted by Gasteiger charge is 2.25. The molecule has 0 aliphatic carbocycles. The first-order chi connectivity index (χ1) is 8.09. The van der Waals surface area contributed by atoms with Crippen LogP contribution in [-0.2, 0) is 4.74 Å². The number of aryl methyl sites for hydroxylation is 1. The maximum Gasteiger partial charge on any atom is 0.254 e. The van der Waals surface area contributed by atoms with Crippen LogP contribution >= 0.6 is 15.9 Å². The number of morpholine rings is 1. The summed E-state index contributed by atoms with van der Waals surface area (Å²) in [5.41, 5.74) is 1.78. The first-order valence-electron chi connectivity index (χ1n) is 5.74. The Labute approximate surface area is 110 Å². The third-order valence-corrected chi connectivity index (χ3v) is 3.54. The van der Waals surface area contributed by atoms with Crippen molar-refractivity contribution in [1.82, 2.24) is 4.90 Å². The fraction of sp³-hybridized carbons (Fsp3) is 0.462. The molecule has 1 aromatic rings. The summed E-state index contributed by atoms with van der Waals surface area (Å²) in [6.45, 7) is 5.91. The molecule has 1 heterocycles. The van der Waals surface area contributed by atoms with Gasteiger partial charge in [0.15, 0.2) is 0 Å². The topological polar surface area (TPSA) is 29.5 Å². The molecular formula is C13H16BrNO2. The van der Waals surface area contributed by atoms with Crippen molar-refractivity contribution in [2.75, 3.05) is 19.8 Å². The zero-order valence-electron chi connectivity index (χ0n) is 10.1. The number of halogens is 1. The first kappa shape index (κ1) is 12.6. The van der Waals surface area contributed by atoms with Gasteiger partial charge in [0.1, 0.15) is 0 Å². The maximum absolute atomic E-state index is 12.4. The Balaban J connectivity index is 2.24. The number of nitrogens with zero attached hydrogens (tertiary/aromatic N) is 1. The van der Waals surface area contributed by atoms with Gasteiger partial charge in [-0.15, -0.1) is 0 Å². The van der Waals surface area contributed by atoms with Gasteiger partial charge in [-0.25, -0.2) is 0 Å². The van der Waals surface area contributed by atoms with Gasteiger partial charge >= 0.3 is 0 Å². The zero-order valence-corrected chi connectivity index (χ0v) is 11.7. The van der Waals surface area contributed by atoms with Crippen molar-refractivity contribution < 1.29 is 9.53 Å². The van der Waals surface area contributed by atoms with Crippen LogP contribution < -0.4 is 0 Å². The van der Waals surface area contributed by atoms with Crippen molar-refractivity contribution in [2.24, 2.45) is 0 Å². The van der Waals surface area contributed by atoms with Crippen molar-refractivity contribution in [3.63, 3.8) is 0 Å². The molecule has 1 fully saturated rings. The fourth-order valence-electron chi connectivity index (χ4n) is 2.05. The largest absolute Gasteiger partial charge is 0.377 e. The number of hydrogen-bond acceptors (Lipinski definition) is 2. The van der Waals surface area contributed by atoms with E-state index < -0.39 is 0 Å². The molecule has 0 aromatic heterocycles. The van der Waals surface area contributed by atoms with E-state index in [0.717, 1.165) is 15.6 Å². The Bertz CT molecular complexity index is 433. The molecule has 2 rings (SSSR count). The minimum Gasteiger partial charge on any atom is -0.377 e. The lowest BCUT2D eigenvalue weighted by Crippen LogP contribution is -2.47. The second-order valence-electron chi connectivity index (χ2n) is 4.38. The highest BCUT2D eigenvalue weighted by Crippen LogP contribution is 2.19. The molecule has 1 saturated heterocycles. The molecule has 1 amide bonds. The van der Waals surface area contributed by atoms with Crippen molar-refractivity contribution in [3.05, 3.63) is 33.8 Å². The summed E-state index contributed by atoms with van der Waals surface area (Å²) in [4.78, 5) is 14.3. The summed E-state index contributed by atoms with van der Waals surface area (Å²) < 4.78 is 6.35. The van der Waals surface area contributed by atoms with Gasteiger partial charge in [0, 0.05) is 16.6 Å². The summed E-state index contributed by atoms with van der Waals surface area (Å²) in [5, 5.41) is 0. The molecule has 1 atom stereocenters. The molecule has 0 spiro atoms. The van der Waals surface area contributed by atoms with Crippen LogP contribution in [0.15, 0.2) is 22.7 Å². The average Bonchev–Trinajstić information content (AvgIpc) is 2.29. The standard InChI is InChI=1S/C13H16BrNO2/c1-9-7-11(14)3-4-12(9)13(16)15-5-6-17-8-10(15)2/h3-4,7,10H,5-6,8H2,1-2H3/t10-/m1/s1. The molecule has 0 bridgehead atoms. The van der Waals surface area contributed by atoms with Crippen LogP contribution in [0.3, 0.4) is 0 Å². The van der Waals surface area contributed by atoms with E-state index in [1.54, 1.807) is 0 Å². The van der Waals surface area contributed by atoms with E-state index in [9.17, 15) is 4.79 Å². The predicted octanol–water partition coefficient (Wildman–Crippen LogP) is 2.62. The Hall–Kier alpha value is -0.870. The SMILES string of the molecule is Cc1cc(Br)ccc1C(=O)N1CCOC[C@H]1C. The highest BCUT2D eigenvalue weighted by molar-refractivity contribution is 9.10. The Morgan fingerprint density at radius 2 is 2.29 bits per heavy atom. The number of rotatable bonds is 1. The molecule has 1 aliphatic rings. The Kier molecular flexibility index (Phi) is 3.84. The summed E-state index contributed by atoms with van der Waals surface area (Å²) in [6.07, 6.45) is 0. The van der Waals surface area contributed by atoms with Crippen molar-refractivity contribution >= 4 is 21.8 Å².